The maximum Gasteiger partial charge on any atom is 0.0253 e. The highest BCUT2D eigenvalue weighted by atomic mass is 79.9. The molecule has 0 amide bonds. The predicted molar refractivity (Wildman–Crippen MR) is 85.1 cm³/mol. The number of hydrogen-bond donors (Lipinski definition) is 0. The van der Waals surface area contributed by atoms with Crippen molar-refractivity contribution in [1.82, 2.24) is 0 Å². The fourth-order valence-corrected chi connectivity index (χ4v) is 3.35. The molecule has 4 rings (SSSR count). The van der Waals surface area contributed by atoms with Gasteiger partial charge in [0.2, 0.25) is 0 Å². The van der Waals surface area contributed by atoms with Crippen molar-refractivity contribution in [2.75, 3.05) is 0 Å². The van der Waals surface area contributed by atoms with Gasteiger partial charge in [0.25, 0.3) is 0 Å². The van der Waals surface area contributed by atoms with Crippen LogP contribution >= 0.6 is 15.9 Å². The lowest BCUT2D eigenvalue weighted by Gasteiger charge is -2.08. The Morgan fingerprint density at radius 2 is 1.42 bits per heavy atom. The molecule has 0 N–H and O–H groups in total. The molecule has 0 bridgehead atoms. The molecular weight excluding hydrogens is 296 g/mol. The van der Waals surface area contributed by atoms with E-state index in [9.17, 15) is 0 Å². The molecule has 0 aliphatic heterocycles. The Balaban J connectivity index is 2.05. The van der Waals surface area contributed by atoms with Crippen LogP contribution in [0.2, 0.25) is 0 Å². The fraction of sp³-hybridized carbons (Fsp3) is 0. The van der Waals surface area contributed by atoms with Crippen LogP contribution < -0.4 is 0 Å². The minimum Gasteiger partial charge on any atom is -0.0616 e. The van der Waals surface area contributed by atoms with E-state index in [1.807, 2.05) is 0 Å². The highest BCUT2D eigenvalue weighted by molar-refractivity contribution is 9.10. The lowest BCUT2D eigenvalue weighted by Crippen LogP contribution is -1.86. The molecule has 0 unspecified atom stereocenters. The minimum absolute atomic E-state index is 1.14. The van der Waals surface area contributed by atoms with E-state index in [2.05, 4.69) is 82.7 Å². The van der Waals surface area contributed by atoms with Crippen LogP contribution in [-0.2, 0) is 0 Å². The standard InChI is InChI=1S/C18H11Br/c19-17-10-2-1-8-14(17)16-11-13-7-3-5-12-6-4-9-15(16)18(12)13/h1-11H. The van der Waals surface area contributed by atoms with Crippen LogP contribution in [0.4, 0.5) is 0 Å². The van der Waals surface area contributed by atoms with E-state index in [1.54, 1.807) is 0 Å². The first kappa shape index (κ1) is 11.0. The molecule has 0 heterocycles. The third-order valence-electron chi connectivity index (χ3n) is 3.69. The number of hydrogen-bond acceptors (Lipinski definition) is 0. The molecule has 0 saturated heterocycles. The summed E-state index contributed by atoms with van der Waals surface area (Å²) < 4.78 is 1.14. The van der Waals surface area contributed by atoms with Gasteiger partial charge in [-0.1, -0.05) is 70.5 Å². The topological polar surface area (TPSA) is 0 Å². The van der Waals surface area contributed by atoms with Crippen molar-refractivity contribution in [3.05, 3.63) is 81.8 Å². The normalized spacial score (nSPS) is 12.8. The van der Waals surface area contributed by atoms with Crippen LogP contribution in [0.3, 0.4) is 0 Å². The summed E-state index contributed by atoms with van der Waals surface area (Å²) in [5.74, 6) is 0. The van der Waals surface area contributed by atoms with Gasteiger partial charge >= 0.3 is 0 Å². The Labute approximate surface area is 120 Å². The van der Waals surface area contributed by atoms with E-state index in [0.717, 1.165) is 4.47 Å². The molecule has 90 valence electrons. The molecule has 0 aromatic heterocycles. The van der Waals surface area contributed by atoms with Gasteiger partial charge in [-0.15, -0.1) is 0 Å². The second-order valence-electron chi connectivity index (χ2n) is 4.79. The molecule has 1 aliphatic rings. The Morgan fingerprint density at radius 3 is 2.26 bits per heavy atom. The van der Waals surface area contributed by atoms with Crippen molar-refractivity contribution < 1.29 is 0 Å². The molecule has 1 aliphatic carbocycles. The largest absolute Gasteiger partial charge is 0.0616 e. The molecule has 3 aromatic rings. The Bertz CT molecular complexity index is 823. The zero-order valence-electron chi connectivity index (χ0n) is 10.2. The monoisotopic (exact) mass is 306 g/mol. The summed E-state index contributed by atoms with van der Waals surface area (Å²) in [4.78, 5) is 0. The van der Waals surface area contributed by atoms with Crippen LogP contribution in [0.1, 0.15) is 16.7 Å². The molecule has 0 nitrogen and oxygen atoms in total. The molecule has 0 saturated carbocycles. The summed E-state index contributed by atoms with van der Waals surface area (Å²) in [5, 5.41) is 2.68. The van der Waals surface area contributed by atoms with E-state index in [1.165, 1.54) is 33.0 Å². The van der Waals surface area contributed by atoms with Crippen LogP contribution in [0.5, 0.6) is 0 Å². The first-order valence-electron chi connectivity index (χ1n) is 6.33. The van der Waals surface area contributed by atoms with Crippen molar-refractivity contribution in [2.24, 2.45) is 0 Å². The summed E-state index contributed by atoms with van der Waals surface area (Å²) in [5.41, 5.74) is 5.21. The van der Waals surface area contributed by atoms with Crippen LogP contribution in [0.15, 0.2) is 65.1 Å². The van der Waals surface area contributed by atoms with Gasteiger partial charge in [0.1, 0.15) is 0 Å². The number of rotatable bonds is 1. The van der Waals surface area contributed by atoms with Crippen molar-refractivity contribution in [3.8, 4) is 0 Å². The Hall–Kier alpha value is -1.86. The predicted octanol–water partition coefficient (Wildman–Crippen LogP) is 5.50. The maximum absolute atomic E-state index is 3.66. The lowest BCUT2D eigenvalue weighted by molar-refractivity contribution is 1.56. The van der Waals surface area contributed by atoms with Gasteiger partial charge in [-0.2, -0.15) is 0 Å². The molecule has 1 heteroatoms. The fourth-order valence-electron chi connectivity index (χ4n) is 2.85. The number of benzene rings is 3. The molecular formula is C18H11Br. The average Bonchev–Trinajstić information content (AvgIpc) is 2.81. The van der Waals surface area contributed by atoms with Gasteiger partial charge in [0.15, 0.2) is 0 Å². The second-order valence-corrected chi connectivity index (χ2v) is 5.64. The first-order valence-corrected chi connectivity index (χ1v) is 7.12. The summed E-state index contributed by atoms with van der Waals surface area (Å²) in [6, 6.07) is 21.4. The first-order chi connectivity index (χ1) is 9.34. The summed E-state index contributed by atoms with van der Waals surface area (Å²) in [7, 11) is 0. The van der Waals surface area contributed by atoms with Gasteiger partial charge in [-0.25, -0.2) is 0 Å². The van der Waals surface area contributed by atoms with E-state index >= 15 is 0 Å². The van der Waals surface area contributed by atoms with Gasteiger partial charge in [0, 0.05) is 4.47 Å². The maximum atomic E-state index is 3.66. The van der Waals surface area contributed by atoms with Gasteiger partial charge in [-0.3, -0.25) is 0 Å². The van der Waals surface area contributed by atoms with Crippen LogP contribution in [-0.4, -0.2) is 0 Å². The highest BCUT2D eigenvalue weighted by Crippen LogP contribution is 2.41. The quantitative estimate of drug-likeness (QED) is 0.435. The van der Waals surface area contributed by atoms with Crippen molar-refractivity contribution >= 4 is 38.4 Å². The van der Waals surface area contributed by atoms with Crippen molar-refractivity contribution in [1.29, 1.82) is 0 Å². The summed E-state index contributed by atoms with van der Waals surface area (Å²) in [6.45, 7) is 0. The van der Waals surface area contributed by atoms with E-state index in [4.69, 9.17) is 0 Å². The van der Waals surface area contributed by atoms with Gasteiger partial charge in [-0.05, 0) is 45.2 Å². The van der Waals surface area contributed by atoms with E-state index in [0.29, 0.717) is 0 Å². The molecule has 3 aromatic carbocycles. The summed E-state index contributed by atoms with van der Waals surface area (Å²) in [6.07, 6.45) is 2.29. The smallest absolute Gasteiger partial charge is 0.0253 e. The zero-order chi connectivity index (χ0) is 12.8. The van der Waals surface area contributed by atoms with Gasteiger partial charge in [0.05, 0.1) is 0 Å². The Kier molecular flexibility index (Phi) is 2.36. The van der Waals surface area contributed by atoms with E-state index in [-0.39, 0.29) is 0 Å². The highest BCUT2D eigenvalue weighted by Gasteiger charge is 2.18. The third kappa shape index (κ3) is 1.58. The van der Waals surface area contributed by atoms with E-state index < -0.39 is 0 Å². The van der Waals surface area contributed by atoms with Crippen molar-refractivity contribution in [2.45, 2.75) is 0 Å². The molecule has 0 radical (unpaired) electrons. The average molecular weight is 307 g/mol. The zero-order valence-corrected chi connectivity index (χ0v) is 11.8. The molecule has 0 atom stereocenters. The minimum atomic E-state index is 1.14. The lowest BCUT2D eigenvalue weighted by atomic mass is 9.98. The van der Waals surface area contributed by atoms with Crippen LogP contribution in [0, 0.1) is 0 Å². The SMILES string of the molecule is Brc1ccccc1C1=Cc2cccc3cccc1c23. The van der Waals surface area contributed by atoms with Gasteiger partial charge < -0.3 is 0 Å². The third-order valence-corrected chi connectivity index (χ3v) is 4.38. The Morgan fingerprint density at radius 1 is 0.684 bits per heavy atom. The molecule has 0 fully saturated rings. The summed E-state index contributed by atoms with van der Waals surface area (Å²) >= 11 is 3.66. The van der Waals surface area contributed by atoms with Crippen LogP contribution in [0.25, 0.3) is 22.4 Å². The molecule has 0 spiro atoms. The molecule has 19 heavy (non-hydrogen) atoms. The van der Waals surface area contributed by atoms with Crippen molar-refractivity contribution in [3.63, 3.8) is 0 Å². The number of halogens is 1. The second kappa shape index (κ2) is 4.07.